The van der Waals surface area contributed by atoms with Crippen LogP contribution < -0.4 is 10.1 Å². The molecule has 3 aromatic rings. The first-order valence-corrected chi connectivity index (χ1v) is 8.92. The minimum absolute atomic E-state index is 0.106. The Morgan fingerprint density at radius 2 is 1.89 bits per heavy atom. The maximum atomic E-state index is 12.3. The van der Waals surface area contributed by atoms with Crippen molar-refractivity contribution in [3.8, 4) is 5.75 Å². The lowest BCUT2D eigenvalue weighted by molar-refractivity contribution is -0.128. The number of hydrogen-bond acceptors (Lipinski definition) is 4. The van der Waals surface area contributed by atoms with E-state index >= 15 is 0 Å². The van der Waals surface area contributed by atoms with Gasteiger partial charge in [0.15, 0.2) is 12.4 Å². The zero-order valence-electron chi connectivity index (χ0n) is 14.8. The van der Waals surface area contributed by atoms with E-state index < -0.39 is 6.04 Å². The standard InChI is InChI=1S/C21H19ClN2O3/c1-14(25)18(12-15-6-3-2-4-7-15)24-20(26)13-27-19-10-9-17(22)16-8-5-11-23-21(16)19/h2-11,18H,12-13H2,1H3,(H,24,26)/t18-/m1/s1. The summed E-state index contributed by atoms with van der Waals surface area (Å²) in [5, 5.41) is 4.05. The number of nitrogens with zero attached hydrogens (tertiary/aromatic N) is 1. The van der Waals surface area contributed by atoms with Crippen LogP contribution >= 0.6 is 11.6 Å². The van der Waals surface area contributed by atoms with E-state index in [1.807, 2.05) is 36.4 Å². The van der Waals surface area contributed by atoms with Crippen molar-refractivity contribution >= 4 is 34.2 Å². The first kappa shape index (κ1) is 18.9. The van der Waals surface area contributed by atoms with Crippen LogP contribution in [0.25, 0.3) is 10.9 Å². The third kappa shape index (κ3) is 4.83. The Bertz CT molecular complexity index is 960. The molecule has 0 aliphatic rings. The number of fused-ring (bicyclic) bond motifs is 1. The molecule has 0 fully saturated rings. The molecule has 0 radical (unpaired) electrons. The maximum Gasteiger partial charge on any atom is 0.258 e. The summed E-state index contributed by atoms with van der Waals surface area (Å²) in [5.41, 5.74) is 1.57. The predicted molar refractivity (Wildman–Crippen MR) is 105 cm³/mol. The Balaban J connectivity index is 1.65. The SMILES string of the molecule is CC(=O)[C@@H](Cc1ccccc1)NC(=O)COc1ccc(Cl)c2cccnc12. The molecule has 0 aliphatic heterocycles. The van der Waals surface area contributed by atoms with Gasteiger partial charge in [-0.15, -0.1) is 0 Å². The average molecular weight is 383 g/mol. The summed E-state index contributed by atoms with van der Waals surface area (Å²) in [7, 11) is 0. The van der Waals surface area contributed by atoms with Gasteiger partial charge in [-0.25, -0.2) is 0 Å². The van der Waals surface area contributed by atoms with E-state index in [1.165, 1.54) is 6.92 Å². The molecule has 138 valence electrons. The molecule has 1 atom stereocenters. The largest absolute Gasteiger partial charge is 0.481 e. The number of carbonyl (C=O) groups is 2. The lowest BCUT2D eigenvalue weighted by atomic mass is 10.0. The lowest BCUT2D eigenvalue weighted by Crippen LogP contribution is -2.43. The van der Waals surface area contributed by atoms with Gasteiger partial charge in [-0.3, -0.25) is 14.6 Å². The van der Waals surface area contributed by atoms with Gasteiger partial charge in [-0.1, -0.05) is 41.9 Å². The van der Waals surface area contributed by atoms with E-state index in [0.29, 0.717) is 22.7 Å². The highest BCUT2D eigenvalue weighted by molar-refractivity contribution is 6.35. The van der Waals surface area contributed by atoms with E-state index in [1.54, 1.807) is 24.4 Å². The number of pyridine rings is 1. The maximum absolute atomic E-state index is 12.3. The Morgan fingerprint density at radius 1 is 1.11 bits per heavy atom. The monoisotopic (exact) mass is 382 g/mol. The Morgan fingerprint density at radius 3 is 2.63 bits per heavy atom. The Hall–Kier alpha value is -2.92. The van der Waals surface area contributed by atoms with E-state index in [4.69, 9.17) is 16.3 Å². The van der Waals surface area contributed by atoms with Crippen LogP contribution in [-0.4, -0.2) is 29.3 Å². The number of carbonyl (C=O) groups excluding carboxylic acids is 2. The van der Waals surface area contributed by atoms with Gasteiger partial charge in [0.1, 0.15) is 11.3 Å². The molecule has 1 amide bonds. The minimum Gasteiger partial charge on any atom is -0.481 e. The molecule has 0 unspecified atom stereocenters. The van der Waals surface area contributed by atoms with Gasteiger partial charge in [0.25, 0.3) is 5.91 Å². The van der Waals surface area contributed by atoms with E-state index in [-0.39, 0.29) is 18.3 Å². The summed E-state index contributed by atoms with van der Waals surface area (Å²) in [6, 6.07) is 16.0. The molecule has 0 bridgehead atoms. The second-order valence-electron chi connectivity index (χ2n) is 6.15. The first-order valence-electron chi connectivity index (χ1n) is 8.54. The molecule has 1 heterocycles. The summed E-state index contributed by atoms with van der Waals surface area (Å²) in [4.78, 5) is 28.4. The van der Waals surface area contributed by atoms with Gasteiger partial charge in [-0.2, -0.15) is 0 Å². The molecule has 0 saturated heterocycles. The van der Waals surface area contributed by atoms with Gasteiger partial charge >= 0.3 is 0 Å². The number of nitrogens with one attached hydrogen (secondary N) is 1. The zero-order chi connectivity index (χ0) is 19.2. The fourth-order valence-corrected chi connectivity index (χ4v) is 2.97. The zero-order valence-corrected chi connectivity index (χ0v) is 15.6. The Labute approximate surface area is 162 Å². The second-order valence-corrected chi connectivity index (χ2v) is 6.56. The quantitative estimate of drug-likeness (QED) is 0.678. The van der Waals surface area contributed by atoms with E-state index in [9.17, 15) is 9.59 Å². The van der Waals surface area contributed by atoms with E-state index in [2.05, 4.69) is 10.3 Å². The van der Waals surface area contributed by atoms with Crippen LogP contribution in [0.15, 0.2) is 60.8 Å². The molecule has 1 aromatic heterocycles. The van der Waals surface area contributed by atoms with Crippen LogP contribution in [-0.2, 0) is 16.0 Å². The van der Waals surface area contributed by atoms with Crippen molar-refractivity contribution in [2.45, 2.75) is 19.4 Å². The summed E-state index contributed by atoms with van der Waals surface area (Å²) >= 11 is 6.16. The van der Waals surface area contributed by atoms with Gasteiger partial charge in [0, 0.05) is 11.6 Å². The van der Waals surface area contributed by atoms with Crippen LogP contribution in [0.5, 0.6) is 5.75 Å². The van der Waals surface area contributed by atoms with Gasteiger partial charge in [-0.05, 0) is 43.2 Å². The first-order chi connectivity index (χ1) is 13.0. The summed E-state index contributed by atoms with van der Waals surface area (Å²) in [6.07, 6.45) is 2.07. The number of aromatic nitrogens is 1. The third-order valence-corrected chi connectivity index (χ3v) is 4.48. The molecule has 1 N–H and O–H groups in total. The molecule has 0 aliphatic carbocycles. The number of halogens is 1. The summed E-state index contributed by atoms with van der Waals surface area (Å²) in [5.74, 6) is -0.0106. The lowest BCUT2D eigenvalue weighted by Gasteiger charge is -2.16. The predicted octanol–water partition coefficient (Wildman–Crippen LogP) is 3.58. The molecular weight excluding hydrogens is 364 g/mol. The number of ether oxygens (including phenoxy) is 1. The van der Waals surface area contributed by atoms with Crippen molar-refractivity contribution in [1.82, 2.24) is 10.3 Å². The number of Topliss-reactive ketones (excluding diaryl/α,β-unsaturated/α-hetero) is 1. The number of benzene rings is 2. The van der Waals surface area contributed by atoms with Crippen LogP contribution in [0.3, 0.4) is 0 Å². The van der Waals surface area contributed by atoms with Crippen molar-refractivity contribution in [2.24, 2.45) is 0 Å². The average Bonchev–Trinajstić information content (AvgIpc) is 2.68. The molecule has 2 aromatic carbocycles. The van der Waals surface area contributed by atoms with Crippen molar-refractivity contribution in [2.75, 3.05) is 6.61 Å². The minimum atomic E-state index is -0.594. The molecular formula is C21H19ClN2O3. The number of ketones is 1. The fraction of sp³-hybridized carbons (Fsp3) is 0.190. The smallest absolute Gasteiger partial charge is 0.258 e. The second kappa shape index (κ2) is 8.64. The van der Waals surface area contributed by atoms with Crippen molar-refractivity contribution < 1.29 is 14.3 Å². The van der Waals surface area contributed by atoms with Crippen LogP contribution in [0.2, 0.25) is 5.02 Å². The molecule has 0 saturated carbocycles. The summed E-state index contributed by atoms with van der Waals surface area (Å²) < 4.78 is 5.62. The molecule has 0 spiro atoms. The topological polar surface area (TPSA) is 68.3 Å². The van der Waals surface area contributed by atoms with Crippen molar-refractivity contribution in [3.05, 3.63) is 71.4 Å². The van der Waals surface area contributed by atoms with Crippen LogP contribution in [0, 0.1) is 0 Å². The molecule has 3 rings (SSSR count). The Kier molecular flexibility index (Phi) is 6.04. The highest BCUT2D eigenvalue weighted by atomic mass is 35.5. The highest BCUT2D eigenvalue weighted by Gasteiger charge is 2.18. The van der Waals surface area contributed by atoms with Crippen LogP contribution in [0.1, 0.15) is 12.5 Å². The van der Waals surface area contributed by atoms with Gasteiger partial charge < -0.3 is 10.1 Å². The van der Waals surface area contributed by atoms with Gasteiger partial charge in [0.2, 0.25) is 0 Å². The fourth-order valence-electron chi connectivity index (χ4n) is 2.75. The highest BCUT2D eigenvalue weighted by Crippen LogP contribution is 2.29. The summed E-state index contributed by atoms with van der Waals surface area (Å²) in [6.45, 7) is 1.25. The van der Waals surface area contributed by atoms with Crippen LogP contribution in [0.4, 0.5) is 0 Å². The number of hydrogen-bond donors (Lipinski definition) is 1. The van der Waals surface area contributed by atoms with Crippen molar-refractivity contribution in [1.29, 1.82) is 0 Å². The molecule has 27 heavy (non-hydrogen) atoms. The number of rotatable bonds is 7. The third-order valence-electron chi connectivity index (χ3n) is 4.15. The van der Waals surface area contributed by atoms with Gasteiger partial charge in [0.05, 0.1) is 11.1 Å². The number of amides is 1. The van der Waals surface area contributed by atoms with Crippen molar-refractivity contribution in [3.63, 3.8) is 0 Å². The normalized spacial score (nSPS) is 11.8. The van der Waals surface area contributed by atoms with E-state index in [0.717, 1.165) is 10.9 Å². The molecule has 6 heteroatoms. The molecule has 5 nitrogen and oxygen atoms in total.